The normalized spacial score (nSPS) is 11.5. The van der Waals surface area contributed by atoms with E-state index in [0.717, 1.165) is 15.1 Å². The van der Waals surface area contributed by atoms with Gasteiger partial charge in [-0.1, -0.05) is 48.0 Å². The molecule has 0 fully saturated rings. The summed E-state index contributed by atoms with van der Waals surface area (Å²) < 4.78 is 73.8. The van der Waals surface area contributed by atoms with Crippen molar-refractivity contribution in [1.82, 2.24) is 0 Å². The second kappa shape index (κ2) is 13.8. The van der Waals surface area contributed by atoms with E-state index < -0.39 is 32.5 Å². The maximum Gasteiger partial charge on any atom is 0.265 e. The number of carbonyl (C=O) groups is 1. The van der Waals surface area contributed by atoms with Crippen molar-refractivity contribution in [3.63, 3.8) is 0 Å². The molecule has 11 nitrogen and oxygen atoms in total. The fraction of sp³-hybridized carbons (Fsp3) is 0.121. The van der Waals surface area contributed by atoms with Gasteiger partial charge in [0.15, 0.2) is 11.5 Å². The quantitative estimate of drug-likeness (QED) is 0.158. The van der Waals surface area contributed by atoms with Crippen molar-refractivity contribution < 1.29 is 35.8 Å². The van der Waals surface area contributed by atoms with Crippen LogP contribution in [-0.2, 0) is 24.8 Å². The minimum absolute atomic E-state index is 0.0193. The molecule has 47 heavy (non-hydrogen) atoms. The Balaban J connectivity index is 1.40. The summed E-state index contributed by atoms with van der Waals surface area (Å²) in [4.78, 5) is 13.1. The molecule has 0 aliphatic rings. The molecule has 2 N–H and O–H groups in total. The van der Waals surface area contributed by atoms with Crippen LogP contribution in [0, 0.1) is 0 Å². The molecular formula is C33H30ClN3O8S2. The summed E-state index contributed by atoms with van der Waals surface area (Å²) in [7, 11) is -4.23. The lowest BCUT2D eigenvalue weighted by Crippen LogP contribution is -2.38. The van der Waals surface area contributed by atoms with Gasteiger partial charge in [0.25, 0.3) is 20.0 Å². The van der Waals surface area contributed by atoms with E-state index in [1.165, 1.54) is 82.0 Å². The number of amides is 1. The highest BCUT2D eigenvalue weighted by molar-refractivity contribution is 7.93. The van der Waals surface area contributed by atoms with Gasteiger partial charge >= 0.3 is 0 Å². The molecule has 0 aliphatic carbocycles. The number of anilines is 3. The Morgan fingerprint density at radius 2 is 1.36 bits per heavy atom. The number of hydrogen-bond donors (Lipinski definition) is 2. The zero-order valence-electron chi connectivity index (χ0n) is 25.4. The van der Waals surface area contributed by atoms with E-state index in [0.29, 0.717) is 11.4 Å². The Morgan fingerprint density at radius 1 is 0.723 bits per heavy atom. The van der Waals surface area contributed by atoms with E-state index in [1.54, 1.807) is 12.1 Å². The maximum atomic E-state index is 14.0. The van der Waals surface area contributed by atoms with Crippen LogP contribution in [0.5, 0.6) is 17.2 Å². The molecule has 5 aromatic rings. The monoisotopic (exact) mass is 695 g/mol. The summed E-state index contributed by atoms with van der Waals surface area (Å²) in [5, 5.41) is 4.46. The van der Waals surface area contributed by atoms with Crippen LogP contribution in [0.15, 0.2) is 113 Å². The van der Waals surface area contributed by atoms with Crippen LogP contribution in [0.3, 0.4) is 0 Å². The van der Waals surface area contributed by atoms with E-state index in [1.807, 2.05) is 30.3 Å². The molecule has 1 amide bonds. The highest BCUT2D eigenvalue weighted by Crippen LogP contribution is 2.37. The van der Waals surface area contributed by atoms with E-state index in [-0.39, 0.29) is 37.7 Å². The van der Waals surface area contributed by atoms with Crippen LogP contribution >= 0.6 is 11.6 Å². The van der Waals surface area contributed by atoms with Gasteiger partial charge in [-0.2, -0.15) is 0 Å². The summed E-state index contributed by atoms with van der Waals surface area (Å²) in [5.41, 5.74) is 0.680. The number of methoxy groups -OCH3 is 3. The molecule has 0 bridgehead atoms. The summed E-state index contributed by atoms with van der Waals surface area (Å²) >= 11 is 6.23. The topological polar surface area (TPSA) is 140 Å². The predicted molar refractivity (Wildman–Crippen MR) is 182 cm³/mol. The zero-order valence-corrected chi connectivity index (χ0v) is 27.8. The molecule has 5 rings (SSSR count). The van der Waals surface area contributed by atoms with Gasteiger partial charge in [0, 0.05) is 22.2 Å². The Kier molecular flexibility index (Phi) is 9.80. The highest BCUT2D eigenvalue weighted by Gasteiger charge is 2.31. The lowest BCUT2D eigenvalue weighted by atomic mass is 10.1. The second-order valence-corrected chi connectivity index (χ2v) is 14.0. The van der Waals surface area contributed by atoms with Crippen molar-refractivity contribution in [3.8, 4) is 17.2 Å². The van der Waals surface area contributed by atoms with E-state index in [9.17, 15) is 21.6 Å². The van der Waals surface area contributed by atoms with Crippen molar-refractivity contribution in [1.29, 1.82) is 0 Å². The third-order valence-electron chi connectivity index (χ3n) is 7.12. The largest absolute Gasteiger partial charge is 0.495 e. The van der Waals surface area contributed by atoms with E-state index >= 15 is 0 Å². The van der Waals surface area contributed by atoms with Gasteiger partial charge in [-0.25, -0.2) is 16.8 Å². The predicted octanol–water partition coefficient (Wildman–Crippen LogP) is 6.15. The number of ether oxygens (including phenoxy) is 3. The average Bonchev–Trinajstić information content (AvgIpc) is 3.07. The van der Waals surface area contributed by atoms with E-state index in [4.69, 9.17) is 25.8 Å². The Hall–Kier alpha value is -4.98. The summed E-state index contributed by atoms with van der Waals surface area (Å²) in [5.74, 6) is -0.0880. The molecule has 244 valence electrons. The van der Waals surface area contributed by atoms with Crippen LogP contribution in [0.4, 0.5) is 17.1 Å². The molecule has 0 spiro atoms. The second-order valence-electron chi connectivity index (χ2n) is 10.0. The van der Waals surface area contributed by atoms with E-state index in [2.05, 4.69) is 10.0 Å². The molecule has 0 radical (unpaired) electrons. The van der Waals surface area contributed by atoms with Crippen molar-refractivity contribution in [2.24, 2.45) is 0 Å². The van der Waals surface area contributed by atoms with Crippen molar-refractivity contribution in [3.05, 3.63) is 108 Å². The van der Waals surface area contributed by atoms with Gasteiger partial charge in [-0.05, 0) is 66.0 Å². The zero-order chi connectivity index (χ0) is 33.8. The van der Waals surface area contributed by atoms with Crippen LogP contribution in [-0.4, -0.2) is 50.6 Å². The molecule has 0 saturated heterocycles. The molecule has 0 heterocycles. The molecule has 5 aromatic carbocycles. The van der Waals surface area contributed by atoms with Crippen LogP contribution in [0.1, 0.15) is 0 Å². The first kappa shape index (κ1) is 33.4. The minimum Gasteiger partial charge on any atom is -0.495 e. The van der Waals surface area contributed by atoms with Gasteiger partial charge in [-0.3, -0.25) is 13.8 Å². The molecule has 0 saturated carbocycles. The third kappa shape index (κ3) is 7.22. The van der Waals surface area contributed by atoms with Gasteiger partial charge < -0.3 is 19.5 Å². The van der Waals surface area contributed by atoms with Crippen molar-refractivity contribution in [2.45, 2.75) is 9.79 Å². The first-order chi connectivity index (χ1) is 22.5. The summed E-state index contributed by atoms with van der Waals surface area (Å²) in [6, 6.07) is 26.6. The maximum absolute atomic E-state index is 14.0. The number of hydrogen-bond acceptors (Lipinski definition) is 8. The smallest absolute Gasteiger partial charge is 0.265 e. The summed E-state index contributed by atoms with van der Waals surface area (Å²) in [6.45, 7) is -0.684. The number of fused-ring (bicyclic) bond motifs is 1. The first-order valence-corrected chi connectivity index (χ1v) is 17.3. The fourth-order valence-corrected chi connectivity index (χ4v) is 7.51. The molecule has 0 aromatic heterocycles. The van der Waals surface area contributed by atoms with Gasteiger partial charge in [-0.15, -0.1) is 0 Å². The molecular weight excluding hydrogens is 666 g/mol. The summed E-state index contributed by atoms with van der Waals surface area (Å²) in [6.07, 6.45) is 0. The van der Waals surface area contributed by atoms with Gasteiger partial charge in [0.05, 0.1) is 42.5 Å². The van der Waals surface area contributed by atoms with Crippen molar-refractivity contribution in [2.75, 3.05) is 42.2 Å². The standard InChI is InChI=1S/C33H30ClN3O8S2/c1-43-30-17-11-23(34)19-29(30)37(47(41,42)26-16-18-31(44-2)32(20-26)45-3)21-33(38)35-24-12-14-25(15-13-24)46(39,40)36-28-10-6-8-22-7-4-5-9-27(22)28/h4-20,36H,21H2,1-3H3,(H,35,38). The number of nitrogens with one attached hydrogen (secondary N) is 2. The van der Waals surface area contributed by atoms with Crippen LogP contribution < -0.4 is 28.6 Å². The molecule has 0 aliphatic heterocycles. The lowest BCUT2D eigenvalue weighted by molar-refractivity contribution is -0.114. The van der Waals surface area contributed by atoms with Crippen LogP contribution in [0.25, 0.3) is 10.8 Å². The van der Waals surface area contributed by atoms with Crippen molar-refractivity contribution >= 4 is 65.4 Å². The third-order valence-corrected chi connectivity index (χ3v) is 10.5. The Morgan fingerprint density at radius 3 is 2.06 bits per heavy atom. The molecule has 0 unspecified atom stereocenters. The SMILES string of the molecule is COc1ccc(S(=O)(=O)N(CC(=O)Nc2ccc(S(=O)(=O)Nc3cccc4ccccc34)cc2)c2cc(Cl)ccc2OC)cc1OC. The first-order valence-electron chi connectivity index (χ1n) is 14.0. The number of nitrogens with zero attached hydrogens (tertiary/aromatic N) is 1. The Labute approximate surface area is 277 Å². The minimum atomic E-state index is -4.41. The number of rotatable bonds is 12. The average molecular weight is 696 g/mol. The fourth-order valence-electron chi connectivity index (χ4n) is 4.83. The van der Waals surface area contributed by atoms with Crippen LogP contribution in [0.2, 0.25) is 5.02 Å². The number of benzene rings is 5. The molecule has 14 heteroatoms. The molecule has 0 atom stereocenters. The number of halogens is 1. The Bertz CT molecular complexity index is 2150. The number of carbonyl (C=O) groups excluding carboxylic acids is 1. The highest BCUT2D eigenvalue weighted by atomic mass is 35.5. The number of sulfonamides is 2. The lowest BCUT2D eigenvalue weighted by Gasteiger charge is -2.26. The van der Waals surface area contributed by atoms with Gasteiger partial charge in [0.2, 0.25) is 5.91 Å². The van der Waals surface area contributed by atoms with Gasteiger partial charge in [0.1, 0.15) is 12.3 Å².